The summed E-state index contributed by atoms with van der Waals surface area (Å²) in [4.78, 5) is 18.9. The van der Waals surface area contributed by atoms with Crippen LogP contribution in [0, 0.1) is 0 Å². The van der Waals surface area contributed by atoms with E-state index in [1.165, 1.54) is 0 Å². The van der Waals surface area contributed by atoms with E-state index in [-0.39, 0.29) is 11.7 Å². The number of rotatable bonds is 5. The van der Waals surface area contributed by atoms with Crippen LogP contribution in [-0.2, 0) is 0 Å². The summed E-state index contributed by atoms with van der Waals surface area (Å²) in [5.74, 6) is 0.741. The Balaban J connectivity index is 2.11. The molecule has 0 saturated heterocycles. The summed E-state index contributed by atoms with van der Waals surface area (Å²) in [6.45, 7) is 5.17. The lowest BCUT2D eigenvalue weighted by atomic mass is 10.2. The Morgan fingerprint density at radius 2 is 1.54 bits per heavy atom. The number of benzene rings is 2. The molecule has 0 bridgehead atoms. The highest BCUT2D eigenvalue weighted by molar-refractivity contribution is 5.91. The molecule has 2 aromatic carbocycles. The van der Waals surface area contributed by atoms with Crippen LogP contribution in [0.5, 0.6) is 0 Å². The van der Waals surface area contributed by atoms with Crippen molar-refractivity contribution in [3.05, 3.63) is 66.5 Å². The molecule has 0 radical (unpaired) electrons. The van der Waals surface area contributed by atoms with Gasteiger partial charge in [-0.3, -0.25) is 4.79 Å². The van der Waals surface area contributed by atoms with E-state index < -0.39 is 0 Å². The first-order valence-corrected chi connectivity index (χ1v) is 8.11. The Morgan fingerprint density at radius 3 is 2.12 bits per heavy atom. The lowest BCUT2D eigenvalue weighted by Gasteiger charge is -2.15. The maximum atomic E-state index is 12.6. The maximum Gasteiger partial charge on any atom is 0.293 e. The molecule has 0 aliphatic heterocycles. The average molecular weight is 320 g/mol. The van der Waals surface area contributed by atoms with Gasteiger partial charge in [-0.15, -0.1) is 5.10 Å². The van der Waals surface area contributed by atoms with Gasteiger partial charge in [-0.2, -0.15) is 0 Å². The van der Waals surface area contributed by atoms with Crippen molar-refractivity contribution in [3.63, 3.8) is 0 Å². The zero-order valence-electron chi connectivity index (χ0n) is 13.9. The lowest BCUT2D eigenvalue weighted by molar-refractivity contribution is 0.0761. The van der Waals surface area contributed by atoms with Gasteiger partial charge in [-0.05, 0) is 26.0 Å². The second-order valence-corrected chi connectivity index (χ2v) is 5.35. The van der Waals surface area contributed by atoms with Crippen molar-refractivity contribution in [2.75, 3.05) is 13.1 Å². The Labute approximate surface area is 141 Å². The Kier molecular flexibility index (Phi) is 4.70. The quantitative estimate of drug-likeness (QED) is 0.724. The zero-order chi connectivity index (χ0) is 16.9. The van der Waals surface area contributed by atoms with Gasteiger partial charge in [0.2, 0.25) is 5.82 Å². The highest BCUT2D eigenvalue weighted by Gasteiger charge is 2.21. The molecule has 0 aliphatic carbocycles. The molecule has 0 atom stereocenters. The van der Waals surface area contributed by atoms with Crippen LogP contribution in [0.15, 0.2) is 60.7 Å². The molecule has 0 spiro atoms. The fourth-order valence-corrected chi connectivity index (χ4v) is 2.58. The van der Waals surface area contributed by atoms with E-state index >= 15 is 0 Å². The minimum absolute atomic E-state index is 0.146. The summed E-state index contributed by atoms with van der Waals surface area (Å²) < 4.78 is 1.73. The molecule has 24 heavy (non-hydrogen) atoms. The molecular weight excluding hydrogens is 300 g/mol. The van der Waals surface area contributed by atoms with Crippen molar-refractivity contribution in [2.45, 2.75) is 13.8 Å². The van der Waals surface area contributed by atoms with Gasteiger partial charge in [-0.25, -0.2) is 9.67 Å². The van der Waals surface area contributed by atoms with Crippen LogP contribution in [-0.4, -0.2) is 38.7 Å². The van der Waals surface area contributed by atoms with Crippen LogP contribution < -0.4 is 0 Å². The van der Waals surface area contributed by atoms with Crippen molar-refractivity contribution < 1.29 is 4.79 Å². The predicted octanol–water partition coefficient (Wildman–Crippen LogP) is 3.42. The normalized spacial score (nSPS) is 10.6. The molecule has 0 fully saturated rings. The zero-order valence-corrected chi connectivity index (χ0v) is 13.9. The molecule has 0 saturated carbocycles. The van der Waals surface area contributed by atoms with Crippen molar-refractivity contribution in [3.8, 4) is 17.1 Å². The molecule has 0 aliphatic rings. The second kappa shape index (κ2) is 7.08. The highest BCUT2D eigenvalue weighted by Crippen LogP contribution is 2.21. The molecule has 1 amide bonds. The van der Waals surface area contributed by atoms with Crippen LogP contribution >= 0.6 is 0 Å². The monoisotopic (exact) mass is 320 g/mol. The first-order valence-electron chi connectivity index (χ1n) is 8.11. The Morgan fingerprint density at radius 1 is 0.958 bits per heavy atom. The number of carbonyl (C=O) groups is 1. The summed E-state index contributed by atoms with van der Waals surface area (Å²) in [5.41, 5.74) is 1.80. The topological polar surface area (TPSA) is 51.0 Å². The van der Waals surface area contributed by atoms with Crippen LogP contribution in [0.2, 0.25) is 0 Å². The van der Waals surface area contributed by atoms with Crippen LogP contribution in [0.4, 0.5) is 0 Å². The SMILES string of the molecule is CCN(CC)C(=O)c1nc(-c2ccccc2)n(-c2ccccc2)n1. The average Bonchev–Trinajstić information content (AvgIpc) is 3.09. The molecule has 1 aromatic heterocycles. The number of hydrogen-bond donors (Lipinski definition) is 0. The van der Waals surface area contributed by atoms with Crippen LogP contribution in [0.1, 0.15) is 24.5 Å². The number of carbonyl (C=O) groups excluding carboxylic acids is 1. The van der Waals surface area contributed by atoms with Gasteiger partial charge in [-0.1, -0.05) is 48.5 Å². The first-order chi connectivity index (χ1) is 11.7. The molecule has 3 aromatic rings. The molecule has 3 rings (SSSR count). The third-order valence-corrected chi connectivity index (χ3v) is 3.88. The Bertz CT molecular complexity index is 751. The fraction of sp³-hybridized carbons (Fsp3) is 0.211. The van der Waals surface area contributed by atoms with Crippen LogP contribution in [0.3, 0.4) is 0 Å². The van der Waals surface area contributed by atoms with Crippen molar-refractivity contribution in [1.82, 2.24) is 19.7 Å². The molecule has 5 heteroatoms. The molecule has 1 heterocycles. The van der Waals surface area contributed by atoms with Gasteiger partial charge >= 0.3 is 0 Å². The third-order valence-electron chi connectivity index (χ3n) is 3.88. The number of para-hydroxylation sites is 1. The van der Waals surface area contributed by atoms with E-state index in [1.54, 1.807) is 9.58 Å². The van der Waals surface area contributed by atoms with E-state index in [4.69, 9.17) is 0 Å². The molecule has 122 valence electrons. The number of nitrogens with zero attached hydrogens (tertiary/aromatic N) is 4. The van der Waals surface area contributed by atoms with Gasteiger partial charge < -0.3 is 4.90 Å². The summed E-state index contributed by atoms with van der Waals surface area (Å²) in [6.07, 6.45) is 0. The Hall–Kier alpha value is -2.95. The number of amides is 1. The standard InChI is InChI=1S/C19H20N4O/c1-3-22(4-2)19(24)17-20-18(15-11-7-5-8-12-15)23(21-17)16-13-9-6-10-14-16/h5-14H,3-4H2,1-2H3. The van der Waals surface area contributed by atoms with Gasteiger partial charge in [0.15, 0.2) is 5.82 Å². The summed E-state index contributed by atoms with van der Waals surface area (Å²) >= 11 is 0. The van der Waals surface area contributed by atoms with Crippen molar-refractivity contribution in [1.29, 1.82) is 0 Å². The molecule has 5 nitrogen and oxygen atoms in total. The highest BCUT2D eigenvalue weighted by atomic mass is 16.2. The van der Waals surface area contributed by atoms with Gasteiger partial charge in [0.05, 0.1) is 5.69 Å². The summed E-state index contributed by atoms with van der Waals surface area (Å²) in [7, 11) is 0. The third kappa shape index (κ3) is 3.06. The fourth-order valence-electron chi connectivity index (χ4n) is 2.58. The van der Waals surface area contributed by atoms with Gasteiger partial charge in [0.1, 0.15) is 0 Å². The largest absolute Gasteiger partial charge is 0.336 e. The van der Waals surface area contributed by atoms with E-state index in [9.17, 15) is 4.79 Å². The molecule has 0 N–H and O–H groups in total. The minimum Gasteiger partial charge on any atom is -0.336 e. The van der Waals surface area contributed by atoms with E-state index in [2.05, 4.69) is 10.1 Å². The second-order valence-electron chi connectivity index (χ2n) is 5.35. The molecular formula is C19H20N4O. The summed E-state index contributed by atoms with van der Waals surface area (Å²) in [6, 6.07) is 19.5. The van der Waals surface area contributed by atoms with Crippen LogP contribution in [0.25, 0.3) is 17.1 Å². The number of hydrogen-bond acceptors (Lipinski definition) is 3. The van der Waals surface area contributed by atoms with Crippen molar-refractivity contribution in [2.24, 2.45) is 0 Å². The van der Waals surface area contributed by atoms with E-state index in [1.807, 2.05) is 74.5 Å². The lowest BCUT2D eigenvalue weighted by Crippen LogP contribution is -2.31. The maximum absolute atomic E-state index is 12.6. The van der Waals surface area contributed by atoms with Crippen molar-refractivity contribution >= 4 is 5.91 Å². The number of aromatic nitrogens is 3. The van der Waals surface area contributed by atoms with Gasteiger partial charge in [0.25, 0.3) is 5.91 Å². The summed E-state index contributed by atoms with van der Waals surface area (Å²) in [5, 5.41) is 4.49. The van der Waals surface area contributed by atoms with E-state index in [0.29, 0.717) is 18.9 Å². The predicted molar refractivity (Wildman–Crippen MR) is 94.0 cm³/mol. The molecule has 0 unspecified atom stereocenters. The smallest absolute Gasteiger partial charge is 0.293 e. The first kappa shape index (κ1) is 15.9. The minimum atomic E-state index is -0.146. The van der Waals surface area contributed by atoms with E-state index in [0.717, 1.165) is 11.3 Å². The van der Waals surface area contributed by atoms with Gasteiger partial charge in [0, 0.05) is 18.7 Å².